The highest BCUT2D eigenvalue weighted by atomic mass is 32.2. The molecule has 1 amide bonds. The van der Waals surface area contributed by atoms with Crippen molar-refractivity contribution in [3.8, 4) is 0 Å². The summed E-state index contributed by atoms with van der Waals surface area (Å²) in [5.41, 5.74) is 1.02. The van der Waals surface area contributed by atoms with Crippen LogP contribution in [-0.2, 0) is 10.5 Å². The van der Waals surface area contributed by atoms with Gasteiger partial charge in [0, 0.05) is 19.2 Å². The highest BCUT2D eigenvalue weighted by Gasteiger charge is 2.23. The smallest absolute Gasteiger partial charge is 0.234 e. The second-order valence-corrected chi connectivity index (χ2v) is 3.83. The van der Waals surface area contributed by atoms with Gasteiger partial charge in [-0.3, -0.25) is 14.1 Å². The van der Waals surface area contributed by atoms with Gasteiger partial charge >= 0.3 is 0 Å². The number of carbonyl (C=O) groups is 1. The molecule has 13 heavy (non-hydrogen) atoms. The average molecular weight is 194 g/mol. The third-order valence-electron chi connectivity index (χ3n) is 1.90. The molecule has 0 saturated carbocycles. The number of hydrogen-bond acceptors (Lipinski definition) is 3. The quantitative estimate of drug-likeness (QED) is 0.539. The van der Waals surface area contributed by atoms with E-state index in [1.807, 2.05) is 18.2 Å². The molecule has 0 spiro atoms. The zero-order valence-electron chi connectivity index (χ0n) is 7.14. The van der Waals surface area contributed by atoms with Crippen molar-refractivity contribution in [2.45, 2.75) is 12.2 Å². The van der Waals surface area contributed by atoms with E-state index in [0.717, 1.165) is 18.0 Å². The summed E-state index contributed by atoms with van der Waals surface area (Å²) in [6, 6.07) is 5.82. The van der Waals surface area contributed by atoms with Crippen molar-refractivity contribution in [1.82, 2.24) is 9.29 Å². The van der Waals surface area contributed by atoms with E-state index in [-0.39, 0.29) is 5.91 Å². The van der Waals surface area contributed by atoms with Gasteiger partial charge in [0.15, 0.2) is 0 Å². The molecule has 0 radical (unpaired) electrons. The molecule has 0 aromatic carbocycles. The fourth-order valence-corrected chi connectivity index (χ4v) is 1.97. The Morgan fingerprint density at radius 3 is 3.00 bits per heavy atom. The SMILES string of the molecule is O=C1CCN1SCc1ccccn1. The highest BCUT2D eigenvalue weighted by molar-refractivity contribution is 7.96. The van der Waals surface area contributed by atoms with E-state index in [4.69, 9.17) is 0 Å². The van der Waals surface area contributed by atoms with Crippen LogP contribution in [0.2, 0.25) is 0 Å². The van der Waals surface area contributed by atoms with Crippen LogP contribution in [0.1, 0.15) is 12.1 Å². The number of β-lactam (4-membered cyclic amide) rings is 1. The minimum absolute atomic E-state index is 0.237. The molecular weight excluding hydrogens is 184 g/mol. The summed E-state index contributed by atoms with van der Waals surface area (Å²) in [7, 11) is 0. The van der Waals surface area contributed by atoms with Crippen molar-refractivity contribution < 1.29 is 4.79 Å². The second-order valence-electron chi connectivity index (χ2n) is 2.84. The van der Waals surface area contributed by atoms with E-state index >= 15 is 0 Å². The van der Waals surface area contributed by atoms with E-state index in [1.165, 1.54) is 0 Å². The van der Waals surface area contributed by atoms with Crippen LogP contribution in [0.15, 0.2) is 24.4 Å². The second kappa shape index (κ2) is 3.79. The lowest BCUT2D eigenvalue weighted by atomic mass is 10.3. The monoisotopic (exact) mass is 194 g/mol. The minimum atomic E-state index is 0.237. The Balaban J connectivity index is 1.83. The van der Waals surface area contributed by atoms with Crippen LogP contribution in [0.25, 0.3) is 0 Å². The summed E-state index contributed by atoms with van der Waals surface area (Å²) in [6.07, 6.45) is 2.48. The van der Waals surface area contributed by atoms with Crippen molar-refractivity contribution >= 4 is 17.9 Å². The Bertz CT molecular complexity index is 302. The predicted octanol–water partition coefficient (Wildman–Crippen LogP) is 1.46. The van der Waals surface area contributed by atoms with Crippen LogP contribution >= 0.6 is 11.9 Å². The molecule has 0 N–H and O–H groups in total. The van der Waals surface area contributed by atoms with Gasteiger partial charge in [-0.05, 0) is 24.1 Å². The van der Waals surface area contributed by atoms with Crippen LogP contribution in [0.5, 0.6) is 0 Å². The third kappa shape index (κ3) is 2.01. The maximum absolute atomic E-state index is 10.9. The van der Waals surface area contributed by atoms with Crippen LogP contribution in [-0.4, -0.2) is 21.7 Å². The van der Waals surface area contributed by atoms with Crippen molar-refractivity contribution in [2.75, 3.05) is 6.54 Å². The Hall–Kier alpha value is -1.03. The topological polar surface area (TPSA) is 33.2 Å². The van der Waals surface area contributed by atoms with E-state index in [0.29, 0.717) is 6.42 Å². The van der Waals surface area contributed by atoms with Gasteiger partial charge in [-0.1, -0.05) is 6.07 Å². The van der Waals surface area contributed by atoms with Crippen LogP contribution < -0.4 is 0 Å². The predicted molar refractivity (Wildman–Crippen MR) is 51.9 cm³/mol. The molecule has 1 fully saturated rings. The number of rotatable bonds is 3. The van der Waals surface area contributed by atoms with Gasteiger partial charge < -0.3 is 0 Å². The van der Waals surface area contributed by atoms with Gasteiger partial charge in [0.1, 0.15) is 0 Å². The third-order valence-corrected chi connectivity index (χ3v) is 3.02. The first kappa shape index (κ1) is 8.56. The van der Waals surface area contributed by atoms with Gasteiger partial charge in [0.05, 0.1) is 11.4 Å². The molecule has 3 nitrogen and oxygen atoms in total. The Kier molecular flexibility index (Phi) is 2.49. The summed E-state index contributed by atoms with van der Waals surface area (Å²) in [6.45, 7) is 0.885. The molecule has 1 aromatic heterocycles. The number of amides is 1. The first-order chi connectivity index (χ1) is 6.36. The summed E-state index contributed by atoms with van der Waals surface area (Å²) < 4.78 is 1.79. The first-order valence-corrected chi connectivity index (χ1v) is 5.14. The summed E-state index contributed by atoms with van der Waals surface area (Å²) in [4.78, 5) is 15.1. The van der Waals surface area contributed by atoms with Gasteiger partial charge in [-0.15, -0.1) is 0 Å². The van der Waals surface area contributed by atoms with E-state index in [9.17, 15) is 4.79 Å². The maximum Gasteiger partial charge on any atom is 0.234 e. The molecule has 2 rings (SSSR count). The largest absolute Gasteiger partial charge is 0.285 e. The molecule has 1 saturated heterocycles. The summed E-state index contributed by atoms with van der Waals surface area (Å²) in [5.74, 6) is 1.02. The van der Waals surface area contributed by atoms with E-state index in [2.05, 4.69) is 4.98 Å². The number of nitrogens with zero attached hydrogens (tertiary/aromatic N) is 2. The summed E-state index contributed by atoms with van der Waals surface area (Å²) in [5, 5.41) is 0. The number of pyridine rings is 1. The molecule has 0 unspecified atom stereocenters. The fourth-order valence-electron chi connectivity index (χ4n) is 1.06. The van der Waals surface area contributed by atoms with Gasteiger partial charge in [0.2, 0.25) is 5.91 Å². The maximum atomic E-state index is 10.9. The van der Waals surface area contributed by atoms with Crippen LogP contribution in [0, 0.1) is 0 Å². The molecule has 1 aromatic rings. The standard InChI is InChI=1S/C9H10N2OS/c12-9-4-6-11(9)13-7-8-3-1-2-5-10-8/h1-3,5H,4,6-7H2. The molecule has 4 heteroatoms. The van der Waals surface area contributed by atoms with Crippen molar-refractivity contribution in [2.24, 2.45) is 0 Å². The molecule has 0 aliphatic carbocycles. The normalized spacial score (nSPS) is 15.7. The molecule has 1 aliphatic heterocycles. The zero-order chi connectivity index (χ0) is 9.10. The number of aromatic nitrogens is 1. The van der Waals surface area contributed by atoms with Crippen molar-refractivity contribution in [3.63, 3.8) is 0 Å². The lowest BCUT2D eigenvalue weighted by Gasteiger charge is -2.28. The molecule has 68 valence electrons. The lowest BCUT2D eigenvalue weighted by molar-refractivity contribution is -0.132. The first-order valence-electron chi connectivity index (χ1n) is 4.19. The Labute approximate surface area is 81.3 Å². The van der Waals surface area contributed by atoms with Gasteiger partial charge in [-0.25, -0.2) is 0 Å². The van der Waals surface area contributed by atoms with Crippen molar-refractivity contribution in [3.05, 3.63) is 30.1 Å². The number of hydrogen-bond donors (Lipinski definition) is 0. The van der Waals surface area contributed by atoms with E-state index in [1.54, 1.807) is 22.4 Å². The summed E-state index contributed by atoms with van der Waals surface area (Å²) >= 11 is 1.55. The minimum Gasteiger partial charge on any atom is -0.285 e. The van der Waals surface area contributed by atoms with Crippen molar-refractivity contribution in [1.29, 1.82) is 0 Å². The van der Waals surface area contributed by atoms with Crippen LogP contribution in [0.4, 0.5) is 0 Å². The van der Waals surface area contributed by atoms with E-state index < -0.39 is 0 Å². The highest BCUT2D eigenvalue weighted by Crippen LogP contribution is 2.22. The molecular formula is C9H10N2OS. The Morgan fingerprint density at radius 1 is 1.54 bits per heavy atom. The molecule has 0 atom stereocenters. The molecule has 2 heterocycles. The average Bonchev–Trinajstić information content (AvgIpc) is 2.17. The number of carbonyl (C=O) groups excluding carboxylic acids is 1. The zero-order valence-corrected chi connectivity index (χ0v) is 7.96. The van der Waals surface area contributed by atoms with Crippen LogP contribution in [0.3, 0.4) is 0 Å². The molecule has 1 aliphatic rings. The lowest BCUT2D eigenvalue weighted by Crippen LogP contribution is -2.37. The van der Waals surface area contributed by atoms with Gasteiger partial charge in [0.25, 0.3) is 0 Å². The van der Waals surface area contributed by atoms with Gasteiger partial charge in [-0.2, -0.15) is 0 Å². The molecule has 0 bridgehead atoms. The Morgan fingerprint density at radius 2 is 2.46 bits per heavy atom. The fraction of sp³-hybridized carbons (Fsp3) is 0.333.